The molecule has 2 N–H and O–H groups in total. The van der Waals surface area contributed by atoms with Crippen molar-refractivity contribution in [2.24, 2.45) is 0 Å². The van der Waals surface area contributed by atoms with Crippen molar-refractivity contribution in [3.8, 4) is 0 Å². The van der Waals surface area contributed by atoms with Crippen LogP contribution in [0.5, 0.6) is 0 Å². The van der Waals surface area contributed by atoms with E-state index in [4.69, 9.17) is 0 Å². The fraction of sp³-hybridized carbons (Fsp3) is 0.500. The molecule has 0 aliphatic heterocycles. The summed E-state index contributed by atoms with van der Waals surface area (Å²) in [4.78, 5) is 12.2. The Kier molecular flexibility index (Phi) is 6.06. The van der Waals surface area contributed by atoms with E-state index in [1.165, 1.54) is 19.2 Å². The second-order valence-electron chi connectivity index (χ2n) is 4.48. The average Bonchev–Trinajstić information content (AvgIpc) is 2.45. The van der Waals surface area contributed by atoms with Gasteiger partial charge in [0.25, 0.3) is 5.69 Å². The van der Waals surface area contributed by atoms with E-state index in [-0.39, 0.29) is 22.8 Å². The Labute approximate surface area is 124 Å². The second-order valence-corrected chi connectivity index (χ2v) is 6.25. The summed E-state index contributed by atoms with van der Waals surface area (Å²) < 4.78 is 26.6. The van der Waals surface area contributed by atoms with Crippen molar-refractivity contribution in [2.45, 2.75) is 11.8 Å². The molecule has 0 aromatic heterocycles. The van der Waals surface area contributed by atoms with E-state index in [9.17, 15) is 18.5 Å². The van der Waals surface area contributed by atoms with Crippen molar-refractivity contribution in [1.82, 2.24) is 9.62 Å². The van der Waals surface area contributed by atoms with E-state index < -0.39 is 14.9 Å². The Morgan fingerprint density at radius 1 is 1.38 bits per heavy atom. The largest absolute Gasteiger partial charge is 0.383 e. The summed E-state index contributed by atoms with van der Waals surface area (Å²) in [7, 11) is -0.341. The highest BCUT2D eigenvalue weighted by Crippen LogP contribution is 2.26. The topological polar surface area (TPSA) is 105 Å². The average molecular weight is 316 g/mol. The first-order valence-electron chi connectivity index (χ1n) is 6.46. The summed E-state index contributed by atoms with van der Waals surface area (Å²) in [5, 5.41) is 13.6. The number of benzene rings is 1. The Balaban J connectivity index is 2.93. The van der Waals surface area contributed by atoms with E-state index in [2.05, 4.69) is 10.0 Å². The zero-order chi connectivity index (χ0) is 16.0. The number of nitrogens with one attached hydrogen (secondary N) is 2. The minimum absolute atomic E-state index is 0.118. The summed E-state index contributed by atoms with van der Waals surface area (Å²) >= 11 is 0. The van der Waals surface area contributed by atoms with Gasteiger partial charge in [0.15, 0.2) is 0 Å². The normalized spacial score (nSPS) is 11.6. The molecule has 118 valence electrons. The van der Waals surface area contributed by atoms with Gasteiger partial charge in [-0.2, -0.15) is 0 Å². The van der Waals surface area contributed by atoms with Gasteiger partial charge in [-0.25, -0.2) is 13.1 Å². The van der Waals surface area contributed by atoms with Crippen LogP contribution in [-0.2, 0) is 10.0 Å². The highest BCUT2D eigenvalue weighted by atomic mass is 32.2. The second kappa shape index (κ2) is 7.34. The number of hydrogen-bond donors (Lipinski definition) is 2. The zero-order valence-electron chi connectivity index (χ0n) is 12.3. The molecule has 0 spiro atoms. The van der Waals surface area contributed by atoms with Crippen molar-refractivity contribution in [3.05, 3.63) is 28.3 Å². The third-order valence-corrected chi connectivity index (χ3v) is 4.53. The molecule has 0 amide bonds. The van der Waals surface area contributed by atoms with Gasteiger partial charge < -0.3 is 10.2 Å². The smallest absolute Gasteiger partial charge is 0.293 e. The molecular weight excluding hydrogens is 296 g/mol. The van der Waals surface area contributed by atoms with Crippen LogP contribution < -0.4 is 10.0 Å². The van der Waals surface area contributed by atoms with Crippen LogP contribution in [0.1, 0.15) is 6.92 Å². The maximum Gasteiger partial charge on any atom is 0.293 e. The number of sulfonamides is 1. The molecule has 0 saturated carbocycles. The van der Waals surface area contributed by atoms with Gasteiger partial charge in [0.05, 0.1) is 9.82 Å². The maximum absolute atomic E-state index is 12.1. The number of rotatable bonds is 8. The first kappa shape index (κ1) is 17.3. The predicted molar refractivity (Wildman–Crippen MR) is 81.0 cm³/mol. The highest BCUT2D eigenvalue weighted by Gasteiger charge is 2.20. The minimum Gasteiger partial charge on any atom is -0.383 e. The van der Waals surface area contributed by atoms with Crippen LogP contribution in [0.25, 0.3) is 0 Å². The molecule has 1 rings (SSSR count). The van der Waals surface area contributed by atoms with Crippen LogP contribution >= 0.6 is 0 Å². The van der Waals surface area contributed by atoms with Gasteiger partial charge in [-0.3, -0.25) is 10.1 Å². The molecule has 1 aromatic carbocycles. The molecule has 0 aliphatic rings. The van der Waals surface area contributed by atoms with Crippen LogP contribution in [0, 0.1) is 10.1 Å². The van der Waals surface area contributed by atoms with E-state index in [1.54, 1.807) is 0 Å². The number of nitrogens with zero attached hydrogens (tertiary/aromatic N) is 2. The molecule has 9 heteroatoms. The number of hydrogen-bond acceptors (Lipinski definition) is 6. The predicted octanol–water partition coefficient (Wildman–Crippen LogP) is 0.867. The number of anilines is 1. The first-order chi connectivity index (χ1) is 9.81. The van der Waals surface area contributed by atoms with E-state index >= 15 is 0 Å². The van der Waals surface area contributed by atoms with Crippen LogP contribution in [-0.4, -0.2) is 52.0 Å². The van der Waals surface area contributed by atoms with E-state index in [0.717, 1.165) is 12.6 Å². The minimum atomic E-state index is -3.75. The molecule has 1 aromatic rings. The lowest BCUT2D eigenvalue weighted by Gasteiger charge is -2.14. The molecule has 0 fully saturated rings. The SMILES string of the molecule is CCN(C)CCNS(=O)(=O)c1ccc(NC)c([N+](=O)[O-])c1. The van der Waals surface area contributed by atoms with Gasteiger partial charge in [-0.05, 0) is 25.7 Å². The van der Waals surface area contributed by atoms with Crippen LogP contribution in [0.15, 0.2) is 23.1 Å². The molecule has 0 radical (unpaired) electrons. The summed E-state index contributed by atoms with van der Waals surface area (Å²) in [6.45, 7) is 3.58. The third-order valence-electron chi connectivity index (χ3n) is 3.07. The fourth-order valence-corrected chi connectivity index (χ4v) is 2.69. The number of nitro benzene ring substituents is 1. The summed E-state index contributed by atoms with van der Waals surface area (Å²) in [6, 6.07) is 3.77. The van der Waals surface area contributed by atoms with Gasteiger partial charge in [0.1, 0.15) is 5.69 Å². The third kappa shape index (κ3) is 4.66. The Morgan fingerprint density at radius 2 is 2.05 bits per heavy atom. The van der Waals surface area contributed by atoms with Crippen molar-refractivity contribution >= 4 is 21.4 Å². The number of likely N-dealkylation sites (N-methyl/N-ethyl adjacent to an activating group) is 1. The van der Waals surface area contributed by atoms with Crippen molar-refractivity contribution in [1.29, 1.82) is 0 Å². The molecule has 0 aliphatic carbocycles. The van der Waals surface area contributed by atoms with E-state index in [1.807, 2.05) is 18.9 Å². The Bertz CT molecular complexity index is 603. The van der Waals surface area contributed by atoms with E-state index in [0.29, 0.717) is 6.54 Å². The number of nitro groups is 1. The lowest BCUT2D eigenvalue weighted by atomic mass is 10.3. The van der Waals surface area contributed by atoms with Crippen LogP contribution in [0.3, 0.4) is 0 Å². The van der Waals surface area contributed by atoms with Crippen molar-refractivity contribution in [2.75, 3.05) is 39.0 Å². The van der Waals surface area contributed by atoms with Crippen molar-refractivity contribution in [3.63, 3.8) is 0 Å². The first-order valence-corrected chi connectivity index (χ1v) is 7.94. The quantitative estimate of drug-likeness (QED) is 0.544. The lowest BCUT2D eigenvalue weighted by molar-refractivity contribution is -0.384. The lowest BCUT2D eigenvalue weighted by Crippen LogP contribution is -2.32. The summed E-state index contributed by atoms with van der Waals surface area (Å²) in [6.07, 6.45) is 0. The fourth-order valence-electron chi connectivity index (χ4n) is 1.65. The molecule has 0 heterocycles. The summed E-state index contributed by atoms with van der Waals surface area (Å²) in [5.41, 5.74) is -0.00397. The van der Waals surface area contributed by atoms with Gasteiger partial charge in [0.2, 0.25) is 10.0 Å². The van der Waals surface area contributed by atoms with Gasteiger partial charge in [-0.15, -0.1) is 0 Å². The Morgan fingerprint density at radius 3 is 2.57 bits per heavy atom. The standard InChI is InChI=1S/C12H20N4O4S/c1-4-15(3)8-7-14-21(19,20)10-5-6-11(13-2)12(9-10)16(17)18/h5-6,9,13-14H,4,7-8H2,1-3H3. The van der Waals surface area contributed by atoms with Crippen LogP contribution in [0.4, 0.5) is 11.4 Å². The van der Waals surface area contributed by atoms with Gasteiger partial charge in [0, 0.05) is 26.2 Å². The highest BCUT2D eigenvalue weighted by molar-refractivity contribution is 7.89. The molecule has 8 nitrogen and oxygen atoms in total. The van der Waals surface area contributed by atoms with Gasteiger partial charge in [-0.1, -0.05) is 6.92 Å². The molecule has 0 unspecified atom stereocenters. The zero-order valence-corrected chi connectivity index (χ0v) is 13.1. The van der Waals surface area contributed by atoms with Gasteiger partial charge >= 0.3 is 0 Å². The monoisotopic (exact) mass is 316 g/mol. The maximum atomic E-state index is 12.1. The van der Waals surface area contributed by atoms with Crippen LogP contribution in [0.2, 0.25) is 0 Å². The molecule has 21 heavy (non-hydrogen) atoms. The molecule has 0 bridgehead atoms. The molecule has 0 atom stereocenters. The Hall–Kier alpha value is -1.71. The van der Waals surface area contributed by atoms with Crippen molar-refractivity contribution < 1.29 is 13.3 Å². The summed E-state index contributed by atoms with van der Waals surface area (Å²) in [5.74, 6) is 0. The molecule has 0 saturated heterocycles. The molecular formula is C12H20N4O4S.